The van der Waals surface area contributed by atoms with Crippen molar-refractivity contribution in [3.8, 4) is 11.3 Å². The van der Waals surface area contributed by atoms with Crippen molar-refractivity contribution in [1.82, 2.24) is 24.8 Å². The number of hydrogen-bond acceptors (Lipinski definition) is 7. The van der Waals surface area contributed by atoms with E-state index in [1.54, 1.807) is 24.1 Å². The van der Waals surface area contributed by atoms with Gasteiger partial charge in [0, 0.05) is 49.2 Å². The minimum atomic E-state index is -0.683. The summed E-state index contributed by atoms with van der Waals surface area (Å²) in [6.45, 7) is 7.33. The van der Waals surface area contributed by atoms with Crippen LogP contribution in [0.2, 0.25) is 0 Å². The van der Waals surface area contributed by atoms with E-state index < -0.39 is 6.04 Å². The van der Waals surface area contributed by atoms with Crippen molar-refractivity contribution in [2.75, 3.05) is 20.1 Å². The van der Waals surface area contributed by atoms with Crippen LogP contribution in [0.15, 0.2) is 65.9 Å². The molecule has 3 rings (SSSR count). The minimum Gasteiger partial charge on any atom is -0.398 e. The van der Waals surface area contributed by atoms with Gasteiger partial charge in [0.25, 0.3) is 5.56 Å². The summed E-state index contributed by atoms with van der Waals surface area (Å²) in [7, 11) is 1.87. The van der Waals surface area contributed by atoms with Crippen molar-refractivity contribution in [3.63, 3.8) is 0 Å². The van der Waals surface area contributed by atoms with Crippen LogP contribution >= 0.6 is 0 Å². The van der Waals surface area contributed by atoms with E-state index in [4.69, 9.17) is 5.73 Å². The predicted octanol–water partition coefficient (Wildman–Crippen LogP) is 2.64. The first kappa shape index (κ1) is 26.5. The van der Waals surface area contributed by atoms with Gasteiger partial charge in [0.1, 0.15) is 11.7 Å². The second kappa shape index (κ2) is 12.0. The number of rotatable bonds is 10. The van der Waals surface area contributed by atoms with Crippen molar-refractivity contribution in [2.24, 2.45) is 5.73 Å². The first-order valence-corrected chi connectivity index (χ1v) is 11.9. The van der Waals surface area contributed by atoms with E-state index in [0.717, 1.165) is 17.7 Å². The molecule has 36 heavy (non-hydrogen) atoms. The molecule has 9 heteroatoms. The number of aromatic nitrogens is 3. The molecule has 0 aliphatic heterocycles. The number of allylic oxidation sites excluding steroid dienone is 1. The Kier molecular flexibility index (Phi) is 8.86. The van der Waals surface area contributed by atoms with Crippen molar-refractivity contribution in [3.05, 3.63) is 88.2 Å². The molecule has 1 atom stereocenters. The number of hydrogen-bond donors (Lipinski definition) is 2. The molecule has 2 heterocycles. The van der Waals surface area contributed by atoms with E-state index in [1.165, 1.54) is 29.1 Å². The number of nitrogens with two attached hydrogens (primary N) is 1. The summed E-state index contributed by atoms with van der Waals surface area (Å²) in [5.74, 6) is -0.534. The molecule has 9 nitrogen and oxygen atoms in total. The zero-order chi connectivity index (χ0) is 26.2. The van der Waals surface area contributed by atoms with Crippen LogP contribution in [0.1, 0.15) is 48.4 Å². The maximum atomic E-state index is 12.9. The Bertz CT molecular complexity index is 1310. The maximum Gasteiger partial charge on any atom is 0.251 e. The molecular formula is C27H32N6O3. The van der Waals surface area contributed by atoms with Crippen LogP contribution in [-0.2, 0) is 11.3 Å². The van der Waals surface area contributed by atoms with Gasteiger partial charge in [-0.05, 0) is 45.0 Å². The Labute approximate surface area is 210 Å². The van der Waals surface area contributed by atoms with Gasteiger partial charge in [-0.1, -0.05) is 24.3 Å². The summed E-state index contributed by atoms with van der Waals surface area (Å²) in [5.41, 5.74) is 9.09. The van der Waals surface area contributed by atoms with Crippen molar-refractivity contribution in [2.45, 2.75) is 33.4 Å². The quantitative estimate of drug-likeness (QED) is 0.332. The molecule has 0 fully saturated rings. The molecule has 3 aromatic rings. The van der Waals surface area contributed by atoms with E-state index >= 15 is 0 Å². The number of likely N-dealkylation sites (N-methyl/N-ethyl adjacent to an activating group) is 1. The van der Waals surface area contributed by atoms with E-state index in [1.807, 2.05) is 45.2 Å². The SMILES string of the molecule is CCN(CC)C(=O)C(C)n1cc(-c2cncc(C(=O)C=C(N)c3ccc(CNC)cc3)n2)ccc1=O. The molecule has 2 aromatic heterocycles. The zero-order valence-corrected chi connectivity index (χ0v) is 21.1. The van der Waals surface area contributed by atoms with E-state index in [0.29, 0.717) is 30.0 Å². The summed E-state index contributed by atoms with van der Waals surface area (Å²) in [6.07, 6.45) is 5.77. The van der Waals surface area contributed by atoms with E-state index in [9.17, 15) is 14.4 Å². The molecule has 188 valence electrons. The fourth-order valence-corrected chi connectivity index (χ4v) is 3.82. The number of nitrogens with one attached hydrogen (secondary N) is 1. The van der Waals surface area contributed by atoms with Gasteiger partial charge in [-0.3, -0.25) is 19.4 Å². The number of ketones is 1. The van der Waals surface area contributed by atoms with Crippen molar-refractivity contribution in [1.29, 1.82) is 0 Å². The van der Waals surface area contributed by atoms with Crippen molar-refractivity contribution >= 4 is 17.4 Å². The monoisotopic (exact) mass is 488 g/mol. The number of nitrogens with zero attached hydrogens (tertiary/aromatic N) is 4. The molecule has 0 bridgehead atoms. The first-order valence-electron chi connectivity index (χ1n) is 11.9. The Morgan fingerprint density at radius 1 is 1.11 bits per heavy atom. The Morgan fingerprint density at radius 3 is 2.44 bits per heavy atom. The number of pyridine rings is 1. The lowest BCUT2D eigenvalue weighted by Crippen LogP contribution is -2.38. The largest absolute Gasteiger partial charge is 0.398 e. The van der Waals surface area contributed by atoms with Crippen LogP contribution < -0.4 is 16.6 Å². The Morgan fingerprint density at radius 2 is 1.81 bits per heavy atom. The van der Waals surface area contributed by atoms with Crippen LogP contribution in [0.25, 0.3) is 17.0 Å². The van der Waals surface area contributed by atoms with Gasteiger partial charge in [-0.25, -0.2) is 4.98 Å². The van der Waals surface area contributed by atoms with Gasteiger partial charge >= 0.3 is 0 Å². The summed E-state index contributed by atoms with van der Waals surface area (Å²) in [5, 5.41) is 3.08. The zero-order valence-electron chi connectivity index (χ0n) is 21.1. The van der Waals surface area contributed by atoms with Gasteiger partial charge in [0.05, 0.1) is 18.1 Å². The van der Waals surface area contributed by atoms with Gasteiger partial charge in [-0.15, -0.1) is 0 Å². The molecular weight excluding hydrogens is 456 g/mol. The number of carbonyl (C=O) groups excluding carboxylic acids is 2. The summed E-state index contributed by atoms with van der Waals surface area (Å²) >= 11 is 0. The highest BCUT2D eigenvalue weighted by molar-refractivity contribution is 6.07. The fourth-order valence-electron chi connectivity index (χ4n) is 3.82. The van der Waals surface area contributed by atoms with Gasteiger partial charge in [0.15, 0.2) is 0 Å². The second-order valence-corrected chi connectivity index (χ2v) is 8.33. The van der Waals surface area contributed by atoms with Gasteiger partial charge in [-0.2, -0.15) is 0 Å². The first-order chi connectivity index (χ1) is 17.3. The predicted molar refractivity (Wildman–Crippen MR) is 140 cm³/mol. The smallest absolute Gasteiger partial charge is 0.251 e. The van der Waals surface area contributed by atoms with Crippen molar-refractivity contribution < 1.29 is 9.59 Å². The Balaban J connectivity index is 1.87. The lowest BCUT2D eigenvalue weighted by Gasteiger charge is -2.24. The van der Waals surface area contributed by atoms with Crippen LogP contribution in [0.3, 0.4) is 0 Å². The standard InChI is InChI=1S/C27H32N6O3/c1-5-32(6-2)27(36)18(3)33-17-21(11-12-26(33)35)23-15-30-16-24(31-23)25(34)13-22(28)20-9-7-19(8-10-20)14-29-4/h7-13,15-18,29H,5-6,14,28H2,1-4H3. The molecule has 3 N–H and O–H groups in total. The van der Waals surface area contributed by atoms with Gasteiger partial charge in [0.2, 0.25) is 11.7 Å². The molecule has 0 radical (unpaired) electrons. The molecule has 0 aliphatic rings. The maximum absolute atomic E-state index is 12.9. The Hall–Kier alpha value is -4.11. The molecule has 1 amide bonds. The molecule has 1 unspecified atom stereocenters. The molecule has 0 saturated heterocycles. The highest BCUT2D eigenvalue weighted by Crippen LogP contribution is 2.18. The minimum absolute atomic E-state index is 0.118. The second-order valence-electron chi connectivity index (χ2n) is 8.33. The summed E-state index contributed by atoms with van der Waals surface area (Å²) in [4.78, 5) is 48.4. The van der Waals surface area contributed by atoms with E-state index in [2.05, 4.69) is 15.3 Å². The summed E-state index contributed by atoms with van der Waals surface area (Å²) in [6, 6.07) is 9.90. The number of amides is 1. The summed E-state index contributed by atoms with van der Waals surface area (Å²) < 4.78 is 1.38. The third-order valence-electron chi connectivity index (χ3n) is 5.93. The average molecular weight is 489 g/mol. The van der Waals surface area contributed by atoms with Gasteiger partial charge < -0.3 is 20.5 Å². The average Bonchev–Trinajstić information content (AvgIpc) is 2.89. The molecule has 1 aromatic carbocycles. The third-order valence-corrected chi connectivity index (χ3v) is 5.93. The molecule has 0 spiro atoms. The molecule has 0 saturated carbocycles. The van der Waals surface area contributed by atoms with Crippen LogP contribution in [-0.4, -0.2) is 51.3 Å². The topological polar surface area (TPSA) is 123 Å². The van der Waals surface area contributed by atoms with E-state index in [-0.39, 0.29) is 22.9 Å². The van der Waals surface area contributed by atoms with Crippen LogP contribution in [0.4, 0.5) is 0 Å². The molecule has 0 aliphatic carbocycles. The fraction of sp³-hybridized carbons (Fsp3) is 0.296. The highest BCUT2D eigenvalue weighted by Gasteiger charge is 2.21. The van der Waals surface area contributed by atoms with Crippen LogP contribution in [0.5, 0.6) is 0 Å². The third kappa shape index (κ3) is 6.11. The van der Waals surface area contributed by atoms with Crippen LogP contribution in [0, 0.1) is 0 Å². The number of carbonyl (C=O) groups is 2. The highest BCUT2D eigenvalue weighted by atomic mass is 16.2. The normalized spacial score (nSPS) is 12.3. The number of benzene rings is 1. The lowest BCUT2D eigenvalue weighted by molar-refractivity contribution is -0.133. The lowest BCUT2D eigenvalue weighted by atomic mass is 10.1.